The Morgan fingerprint density at radius 3 is 2.53 bits per heavy atom. The van der Waals surface area contributed by atoms with Crippen molar-refractivity contribution in [3.05, 3.63) is 52.5 Å². The van der Waals surface area contributed by atoms with Gasteiger partial charge in [-0.25, -0.2) is 0 Å². The number of ether oxygens (including phenoxy) is 1. The molecule has 1 fully saturated rings. The van der Waals surface area contributed by atoms with E-state index in [1.165, 1.54) is 30.6 Å². The van der Waals surface area contributed by atoms with Crippen LogP contribution in [0.25, 0.3) is 10.9 Å². The van der Waals surface area contributed by atoms with Crippen molar-refractivity contribution < 1.29 is 19.5 Å². The molecule has 168 valence electrons. The number of hydrogen-bond donors (Lipinski definition) is 2. The van der Waals surface area contributed by atoms with Crippen LogP contribution in [0.2, 0.25) is 0 Å². The minimum Gasteiger partial charge on any atom is -0.497 e. The highest BCUT2D eigenvalue weighted by atomic mass is 79.9. The van der Waals surface area contributed by atoms with Crippen LogP contribution in [0, 0.1) is 0 Å². The lowest BCUT2D eigenvalue weighted by atomic mass is 10.1. The van der Waals surface area contributed by atoms with Gasteiger partial charge in [0, 0.05) is 9.86 Å². The van der Waals surface area contributed by atoms with Gasteiger partial charge in [-0.1, -0.05) is 28.1 Å². The molecule has 1 aliphatic heterocycles. The van der Waals surface area contributed by atoms with Crippen molar-refractivity contribution in [1.29, 1.82) is 0 Å². The van der Waals surface area contributed by atoms with Crippen molar-refractivity contribution in [3.63, 3.8) is 0 Å². The zero-order valence-corrected chi connectivity index (χ0v) is 19.8. The second-order valence-corrected chi connectivity index (χ2v) is 9.12. The summed E-state index contributed by atoms with van der Waals surface area (Å²) in [6.07, 6.45) is 5.07. The molecule has 1 aliphatic rings. The fourth-order valence-corrected chi connectivity index (χ4v) is 4.58. The molecule has 2 N–H and O–H groups in total. The van der Waals surface area contributed by atoms with Gasteiger partial charge in [0.05, 0.1) is 32.1 Å². The smallest absolute Gasteiger partial charge is 0.269 e. The van der Waals surface area contributed by atoms with Gasteiger partial charge in [0.25, 0.3) is 5.91 Å². The number of nitrogens with one attached hydrogen (secondary N) is 1. The highest BCUT2D eigenvalue weighted by Crippen LogP contribution is 2.39. The summed E-state index contributed by atoms with van der Waals surface area (Å²) in [6, 6.07) is 13.1. The molecule has 3 aromatic rings. The molecule has 1 aromatic heterocycles. The molecule has 4 rings (SSSR count). The Hall–Kier alpha value is -2.71. The van der Waals surface area contributed by atoms with Gasteiger partial charge in [-0.3, -0.25) is 9.36 Å². The molecule has 0 unspecified atom stereocenters. The van der Waals surface area contributed by atoms with Crippen LogP contribution in [0.5, 0.6) is 11.6 Å². The molecule has 0 aliphatic carbocycles. The number of nitrogens with zero attached hydrogens (tertiary/aromatic N) is 3. The first-order valence-corrected chi connectivity index (χ1v) is 11.8. The van der Waals surface area contributed by atoms with Gasteiger partial charge >= 0.3 is 0 Å². The topological polar surface area (TPSA) is 80.6 Å². The first-order chi connectivity index (χ1) is 15.5. The minimum atomic E-state index is -0.372. The van der Waals surface area contributed by atoms with E-state index in [4.69, 9.17) is 4.74 Å². The SMILES string of the molecule is COc1ccc(CC(=O)N=Nc2c(O)n(C[NH+]3CCCCCC3)c3ccc(Br)cc23)cc1. The van der Waals surface area contributed by atoms with Crippen LogP contribution in [0.15, 0.2) is 57.2 Å². The molecule has 2 heterocycles. The number of rotatable bonds is 6. The number of azo groups is 1. The number of aromatic nitrogens is 1. The lowest BCUT2D eigenvalue weighted by molar-refractivity contribution is -0.921. The van der Waals surface area contributed by atoms with Gasteiger partial charge in [-0.2, -0.15) is 0 Å². The summed E-state index contributed by atoms with van der Waals surface area (Å²) in [4.78, 5) is 13.9. The molecule has 2 aromatic carbocycles. The standard InChI is InChI=1S/C24H27BrN4O3/c1-32-19-9-6-17(7-10-19)14-22(30)26-27-23-20-15-18(25)8-11-21(20)29(24(23)31)16-28-12-4-2-3-5-13-28/h6-11,15,31H,2-5,12-14,16H2,1H3/p+1. The van der Waals surface area contributed by atoms with Crippen LogP contribution in [0.4, 0.5) is 5.69 Å². The highest BCUT2D eigenvalue weighted by molar-refractivity contribution is 9.10. The third-order valence-electron chi connectivity index (χ3n) is 5.94. The zero-order valence-electron chi connectivity index (χ0n) is 18.2. The van der Waals surface area contributed by atoms with Crippen LogP contribution in [-0.2, 0) is 17.9 Å². The second-order valence-electron chi connectivity index (χ2n) is 8.20. The minimum absolute atomic E-state index is 0.0517. The maximum absolute atomic E-state index is 12.4. The number of aromatic hydroxyl groups is 1. The van der Waals surface area contributed by atoms with Gasteiger partial charge in [-0.15, -0.1) is 10.2 Å². The van der Waals surface area contributed by atoms with E-state index in [-0.39, 0.29) is 18.2 Å². The van der Waals surface area contributed by atoms with Gasteiger partial charge in [0.1, 0.15) is 5.75 Å². The van der Waals surface area contributed by atoms with Crippen molar-refractivity contribution in [2.24, 2.45) is 10.2 Å². The Morgan fingerprint density at radius 1 is 1.12 bits per heavy atom. The van der Waals surface area contributed by atoms with Crippen LogP contribution in [0.1, 0.15) is 31.2 Å². The van der Waals surface area contributed by atoms with E-state index in [2.05, 4.69) is 26.2 Å². The molecule has 0 radical (unpaired) electrons. The second kappa shape index (κ2) is 10.3. The van der Waals surface area contributed by atoms with E-state index < -0.39 is 0 Å². The van der Waals surface area contributed by atoms with Crippen molar-refractivity contribution in [2.45, 2.75) is 38.8 Å². The number of amides is 1. The van der Waals surface area contributed by atoms with Gasteiger partial charge < -0.3 is 14.7 Å². The fourth-order valence-electron chi connectivity index (χ4n) is 4.22. The van der Waals surface area contributed by atoms with Crippen LogP contribution >= 0.6 is 15.9 Å². The molecule has 1 amide bonds. The maximum Gasteiger partial charge on any atom is 0.269 e. The van der Waals surface area contributed by atoms with Gasteiger partial charge in [-0.05, 0) is 61.6 Å². The lowest BCUT2D eigenvalue weighted by Gasteiger charge is -2.18. The molecule has 0 saturated carbocycles. The average Bonchev–Trinajstić information content (AvgIpc) is 2.94. The van der Waals surface area contributed by atoms with Crippen molar-refractivity contribution in [1.82, 2.24) is 4.57 Å². The Kier molecular flexibility index (Phi) is 7.22. The number of halogens is 1. The third kappa shape index (κ3) is 5.19. The molecule has 0 atom stereocenters. The third-order valence-corrected chi connectivity index (χ3v) is 6.43. The average molecular weight is 500 g/mol. The predicted octanol–water partition coefficient (Wildman–Crippen LogP) is 4.39. The summed E-state index contributed by atoms with van der Waals surface area (Å²) in [5.74, 6) is 0.414. The van der Waals surface area contributed by atoms with Crippen LogP contribution in [0.3, 0.4) is 0 Å². The summed E-state index contributed by atoms with van der Waals surface area (Å²) >= 11 is 3.50. The molecule has 1 saturated heterocycles. The van der Waals surface area contributed by atoms with Gasteiger partial charge in [0.2, 0.25) is 5.88 Å². The summed E-state index contributed by atoms with van der Waals surface area (Å²) in [5, 5.41) is 19.9. The Bertz CT molecular complexity index is 1120. The van der Waals surface area contributed by atoms with Crippen LogP contribution < -0.4 is 9.64 Å². The van der Waals surface area contributed by atoms with E-state index in [1.54, 1.807) is 7.11 Å². The normalized spacial score (nSPS) is 15.3. The number of benzene rings is 2. The molecular weight excluding hydrogens is 472 g/mol. The molecule has 7 nitrogen and oxygen atoms in total. The summed E-state index contributed by atoms with van der Waals surface area (Å²) in [7, 11) is 1.60. The van der Waals surface area contributed by atoms with Crippen LogP contribution in [-0.4, -0.2) is 35.8 Å². The Balaban J connectivity index is 1.58. The number of fused-ring (bicyclic) bond motifs is 1. The van der Waals surface area contributed by atoms with E-state index in [9.17, 15) is 9.90 Å². The van der Waals surface area contributed by atoms with Crippen molar-refractivity contribution in [3.8, 4) is 11.6 Å². The van der Waals surface area contributed by atoms with Gasteiger partial charge in [0.15, 0.2) is 12.4 Å². The van der Waals surface area contributed by atoms with E-state index in [0.29, 0.717) is 12.4 Å². The van der Waals surface area contributed by atoms with Crippen molar-refractivity contribution >= 4 is 38.4 Å². The monoisotopic (exact) mass is 499 g/mol. The maximum atomic E-state index is 12.4. The molecular formula is C24H28BrN4O3+. The summed E-state index contributed by atoms with van der Waals surface area (Å²) in [5.41, 5.74) is 2.05. The number of hydrogen-bond acceptors (Lipinski definition) is 4. The summed E-state index contributed by atoms with van der Waals surface area (Å²) < 4.78 is 7.92. The predicted molar refractivity (Wildman–Crippen MR) is 127 cm³/mol. The Morgan fingerprint density at radius 2 is 1.84 bits per heavy atom. The zero-order chi connectivity index (χ0) is 22.5. The van der Waals surface area contributed by atoms with E-state index in [1.807, 2.05) is 47.0 Å². The summed E-state index contributed by atoms with van der Waals surface area (Å²) in [6.45, 7) is 2.85. The van der Waals surface area contributed by atoms with E-state index in [0.717, 1.165) is 39.8 Å². The van der Waals surface area contributed by atoms with E-state index >= 15 is 0 Å². The first-order valence-electron chi connectivity index (χ1n) is 11.0. The highest BCUT2D eigenvalue weighted by Gasteiger charge is 2.21. The number of carbonyl (C=O) groups is 1. The number of methoxy groups -OCH3 is 1. The van der Waals surface area contributed by atoms with Crippen molar-refractivity contribution in [2.75, 3.05) is 20.2 Å². The first kappa shape index (κ1) is 22.5. The fraction of sp³-hybridized carbons (Fsp3) is 0.375. The largest absolute Gasteiger partial charge is 0.497 e. The molecule has 0 spiro atoms. The quantitative estimate of drug-likeness (QED) is 0.493. The number of likely N-dealkylation sites (tertiary alicyclic amines) is 1. The lowest BCUT2D eigenvalue weighted by Crippen LogP contribution is -3.11. The molecule has 0 bridgehead atoms. The number of carbonyl (C=O) groups excluding carboxylic acids is 1. The molecule has 8 heteroatoms. The number of quaternary nitrogens is 1. The Labute approximate surface area is 195 Å². The molecule has 32 heavy (non-hydrogen) atoms.